The Labute approximate surface area is 179 Å². The quantitative estimate of drug-likeness (QED) is 0.397. The smallest absolute Gasteiger partial charge is 0.156 e. The van der Waals surface area contributed by atoms with Gasteiger partial charge in [-0.3, -0.25) is 0 Å². The zero-order valence-corrected chi connectivity index (χ0v) is 17.7. The number of nitrogens with zero attached hydrogens (tertiary/aromatic N) is 3. The highest BCUT2D eigenvalue weighted by Gasteiger charge is 2.19. The lowest BCUT2D eigenvalue weighted by Gasteiger charge is -2.21. The van der Waals surface area contributed by atoms with Crippen molar-refractivity contribution in [3.05, 3.63) is 59.1 Å². The number of halogens is 1. The lowest BCUT2D eigenvalue weighted by atomic mass is 10.2. The molecule has 2 atom stereocenters. The summed E-state index contributed by atoms with van der Waals surface area (Å²) in [6, 6.07) is 9.51. The van der Waals surface area contributed by atoms with Crippen molar-refractivity contribution in [2.45, 2.75) is 32.0 Å². The van der Waals surface area contributed by atoms with Crippen LogP contribution in [0.25, 0.3) is 11.0 Å². The normalized spacial score (nSPS) is 13.7. The van der Waals surface area contributed by atoms with Gasteiger partial charge in [-0.25, -0.2) is 9.97 Å². The SMILES string of the molecule is CSC[C@@H](O)[C@@H](CO)NCc1cn(COCc2ccccc2)c2c(Cl)ncnc12. The number of benzene rings is 1. The second-order valence-corrected chi connectivity index (χ2v) is 7.91. The molecule has 0 fully saturated rings. The Morgan fingerprint density at radius 1 is 1.28 bits per heavy atom. The molecule has 156 valence electrons. The van der Waals surface area contributed by atoms with Gasteiger partial charge in [0.05, 0.1) is 30.9 Å². The summed E-state index contributed by atoms with van der Waals surface area (Å²) >= 11 is 7.85. The van der Waals surface area contributed by atoms with E-state index in [0.717, 1.165) is 16.6 Å². The molecule has 0 aliphatic carbocycles. The van der Waals surface area contributed by atoms with Crippen molar-refractivity contribution in [1.82, 2.24) is 19.9 Å². The lowest BCUT2D eigenvalue weighted by molar-refractivity contribution is 0.0666. The van der Waals surface area contributed by atoms with Crippen LogP contribution in [0.4, 0.5) is 0 Å². The Hall–Kier alpha value is -1.68. The van der Waals surface area contributed by atoms with Crippen LogP contribution in [0.1, 0.15) is 11.1 Å². The van der Waals surface area contributed by atoms with E-state index in [-0.39, 0.29) is 6.61 Å². The molecule has 0 bridgehead atoms. The van der Waals surface area contributed by atoms with Crippen LogP contribution in [-0.2, 0) is 24.6 Å². The summed E-state index contributed by atoms with van der Waals surface area (Å²) in [4.78, 5) is 8.46. The summed E-state index contributed by atoms with van der Waals surface area (Å²) in [5.74, 6) is 0.543. The minimum absolute atomic E-state index is 0.156. The van der Waals surface area contributed by atoms with E-state index in [1.807, 2.05) is 47.4 Å². The maximum Gasteiger partial charge on any atom is 0.156 e. The summed E-state index contributed by atoms with van der Waals surface area (Å²) in [7, 11) is 0. The number of aliphatic hydroxyl groups is 2. The van der Waals surface area contributed by atoms with Crippen LogP contribution in [-0.4, -0.2) is 55.5 Å². The van der Waals surface area contributed by atoms with Gasteiger partial charge in [0.2, 0.25) is 0 Å². The topological polar surface area (TPSA) is 92.4 Å². The second-order valence-electron chi connectivity index (χ2n) is 6.64. The maximum absolute atomic E-state index is 10.2. The predicted molar refractivity (Wildman–Crippen MR) is 116 cm³/mol. The van der Waals surface area contributed by atoms with Crippen LogP contribution in [0.2, 0.25) is 5.15 Å². The first kappa shape index (κ1) is 22.0. The van der Waals surface area contributed by atoms with Crippen molar-refractivity contribution in [2.75, 3.05) is 18.6 Å². The third-order valence-corrected chi connectivity index (χ3v) is 5.53. The van der Waals surface area contributed by atoms with Gasteiger partial charge in [-0.15, -0.1) is 0 Å². The number of thioether (sulfide) groups is 1. The number of hydrogen-bond acceptors (Lipinski definition) is 7. The molecular formula is C20H25ClN4O3S. The van der Waals surface area contributed by atoms with Crippen molar-refractivity contribution in [3.63, 3.8) is 0 Å². The predicted octanol–water partition coefficient (Wildman–Crippen LogP) is 2.43. The summed E-state index contributed by atoms with van der Waals surface area (Å²) < 4.78 is 7.72. The first-order valence-corrected chi connectivity index (χ1v) is 11.0. The van der Waals surface area contributed by atoms with Crippen LogP contribution < -0.4 is 5.32 Å². The molecule has 0 saturated heterocycles. The van der Waals surface area contributed by atoms with Crippen LogP contribution in [0.5, 0.6) is 0 Å². The van der Waals surface area contributed by atoms with Crippen LogP contribution in [0.3, 0.4) is 0 Å². The molecule has 0 aliphatic rings. The number of aliphatic hydroxyl groups excluding tert-OH is 2. The number of nitrogens with one attached hydrogen (secondary N) is 1. The van der Waals surface area contributed by atoms with E-state index >= 15 is 0 Å². The van der Waals surface area contributed by atoms with Crippen molar-refractivity contribution in [2.24, 2.45) is 0 Å². The molecule has 0 unspecified atom stereocenters. The summed E-state index contributed by atoms with van der Waals surface area (Å²) in [5, 5.41) is 23.3. The van der Waals surface area contributed by atoms with E-state index in [2.05, 4.69) is 15.3 Å². The highest BCUT2D eigenvalue weighted by Crippen LogP contribution is 2.25. The summed E-state index contributed by atoms with van der Waals surface area (Å²) in [6.07, 6.45) is 4.61. The number of fused-ring (bicyclic) bond motifs is 1. The Balaban J connectivity index is 1.73. The molecule has 2 heterocycles. The maximum atomic E-state index is 10.2. The van der Waals surface area contributed by atoms with Crippen LogP contribution in [0.15, 0.2) is 42.9 Å². The van der Waals surface area contributed by atoms with Gasteiger partial charge in [0, 0.05) is 24.1 Å². The van der Waals surface area contributed by atoms with Gasteiger partial charge in [0.15, 0.2) is 5.15 Å². The van der Waals surface area contributed by atoms with E-state index in [1.54, 1.807) is 0 Å². The van der Waals surface area contributed by atoms with Gasteiger partial charge in [0.25, 0.3) is 0 Å². The zero-order valence-electron chi connectivity index (χ0n) is 16.2. The molecule has 3 N–H and O–H groups in total. The second kappa shape index (κ2) is 10.9. The molecule has 9 heteroatoms. The molecule has 0 spiro atoms. The van der Waals surface area contributed by atoms with Gasteiger partial charge < -0.3 is 24.8 Å². The highest BCUT2D eigenvalue weighted by atomic mass is 35.5. The minimum atomic E-state index is -0.643. The third kappa shape index (κ3) is 5.69. The Bertz CT molecular complexity index is 909. The van der Waals surface area contributed by atoms with E-state index in [9.17, 15) is 10.2 Å². The average Bonchev–Trinajstić information content (AvgIpc) is 3.08. The monoisotopic (exact) mass is 436 g/mol. The fraction of sp³-hybridized carbons (Fsp3) is 0.400. The third-order valence-electron chi connectivity index (χ3n) is 4.58. The fourth-order valence-corrected chi connectivity index (χ4v) is 3.89. The lowest BCUT2D eigenvalue weighted by Crippen LogP contribution is -2.43. The summed E-state index contributed by atoms with van der Waals surface area (Å²) in [6.45, 7) is 1.05. The molecule has 7 nitrogen and oxygen atoms in total. The highest BCUT2D eigenvalue weighted by molar-refractivity contribution is 7.98. The first-order valence-electron chi connectivity index (χ1n) is 9.25. The van der Waals surface area contributed by atoms with E-state index in [0.29, 0.717) is 36.3 Å². The van der Waals surface area contributed by atoms with Crippen LogP contribution in [0, 0.1) is 0 Å². The molecule has 0 amide bonds. The number of hydrogen-bond donors (Lipinski definition) is 3. The van der Waals surface area contributed by atoms with Crippen molar-refractivity contribution in [3.8, 4) is 0 Å². The van der Waals surface area contributed by atoms with Crippen molar-refractivity contribution >= 4 is 34.4 Å². The van der Waals surface area contributed by atoms with Crippen LogP contribution >= 0.6 is 23.4 Å². The molecule has 3 rings (SSSR count). The molecule has 0 radical (unpaired) electrons. The molecule has 2 aromatic heterocycles. The number of rotatable bonds is 11. The van der Waals surface area contributed by atoms with Gasteiger partial charge in [-0.05, 0) is 11.8 Å². The van der Waals surface area contributed by atoms with Crippen molar-refractivity contribution in [1.29, 1.82) is 0 Å². The van der Waals surface area contributed by atoms with Crippen molar-refractivity contribution < 1.29 is 14.9 Å². The summed E-state index contributed by atoms with van der Waals surface area (Å²) in [5.41, 5.74) is 3.39. The molecule has 0 saturated carbocycles. The Kier molecular flexibility index (Phi) is 8.29. The molecule has 29 heavy (non-hydrogen) atoms. The van der Waals surface area contributed by atoms with E-state index in [4.69, 9.17) is 16.3 Å². The van der Waals surface area contributed by atoms with E-state index in [1.165, 1.54) is 18.1 Å². The number of aromatic nitrogens is 3. The molecule has 3 aromatic rings. The van der Waals surface area contributed by atoms with Gasteiger partial charge in [-0.1, -0.05) is 41.9 Å². The molecular weight excluding hydrogens is 412 g/mol. The molecule has 0 aliphatic heterocycles. The van der Waals surface area contributed by atoms with E-state index < -0.39 is 12.1 Å². The molecule has 1 aromatic carbocycles. The van der Waals surface area contributed by atoms with Gasteiger partial charge >= 0.3 is 0 Å². The average molecular weight is 437 g/mol. The largest absolute Gasteiger partial charge is 0.395 e. The van der Waals surface area contributed by atoms with Gasteiger partial charge in [-0.2, -0.15) is 11.8 Å². The standard InChI is InChI=1S/C20H25ClN4O3S/c1-29-11-17(27)16(9-26)22-7-15-8-25(19-18(15)23-12-24-20(19)21)13-28-10-14-5-3-2-4-6-14/h2-6,8,12,16-17,22,26-27H,7,9-11,13H2,1H3/t16-,17-/m1/s1. The van der Waals surface area contributed by atoms with Gasteiger partial charge in [0.1, 0.15) is 18.6 Å². The first-order chi connectivity index (χ1) is 14.1. The minimum Gasteiger partial charge on any atom is -0.395 e. The number of ether oxygens (including phenoxy) is 1. The zero-order chi connectivity index (χ0) is 20.6. The fourth-order valence-electron chi connectivity index (χ4n) is 3.08. The Morgan fingerprint density at radius 2 is 2.07 bits per heavy atom. The Morgan fingerprint density at radius 3 is 2.79 bits per heavy atom.